The first-order valence-electron chi connectivity index (χ1n) is 10.3. The number of carbonyl (C=O) groups is 1. The molecule has 0 heterocycles. The summed E-state index contributed by atoms with van der Waals surface area (Å²) >= 11 is 0. The Bertz CT molecular complexity index is 999. The summed E-state index contributed by atoms with van der Waals surface area (Å²) in [6.07, 6.45) is 0. The lowest BCUT2D eigenvalue weighted by atomic mass is 10.0. The molecule has 158 valence electrons. The summed E-state index contributed by atoms with van der Waals surface area (Å²) in [5.74, 6) is 1.25. The van der Waals surface area contributed by atoms with E-state index in [9.17, 15) is 4.79 Å². The molecule has 0 spiro atoms. The highest BCUT2D eigenvalue weighted by atomic mass is 16.5. The SMILES string of the molecule is CCN(CC)C(CNC(=O)c1cc2ccccc2cc1OC)c1cccc(OC)c1. The zero-order chi connectivity index (χ0) is 21.5. The monoisotopic (exact) mass is 406 g/mol. The summed E-state index contributed by atoms with van der Waals surface area (Å²) in [6.45, 7) is 6.51. The summed E-state index contributed by atoms with van der Waals surface area (Å²) in [4.78, 5) is 15.4. The predicted octanol–water partition coefficient (Wildman–Crippen LogP) is 4.67. The number of benzene rings is 3. The lowest BCUT2D eigenvalue weighted by Gasteiger charge is -2.30. The summed E-state index contributed by atoms with van der Waals surface area (Å²) in [7, 11) is 3.26. The van der Waals surface area contributed by atoms with Crippen LogP contribution in [0.25, 0.3) is 10.8 Å². The van der Waals surface area contributed by atoms with Crippen LogP contribution in [0.5, 0.6) is 11.5 Å². The van der Waals surface area contributed by atoms with Crippen LogP contribution in [0, 0.1) is 0 Å². The van der Waals surface area contributed by atoms with Gasteiger partial charge >= 0.3 is 0 Å². The molecule has 1 N–H and O–H groups in total. The van der Waals surface area contributed by atoms with Crippen molar-refractivity contribution < 1.29 is 14.3 Å². The molecule has 30 heavy (non-hydrogen) atoms. The molecule has 1 unspecified atom stereocenters. The molecule has 0 saturated heterocycles. The molecule has 1 amide bonds. The minimum atomic E-state index is -0.141. The van der Waals surface area contributed by atoms with Gasteiger partial charge in [-0.05, 0) is 53.7 Å². The minimum absolute atomic E-state index is 0.0468. The standard InChI is InChI=1S/C25H30N2O3/c1-5-27(6-2)23(20-12-9-13-21(14-20)29-3)17-26-25(28)22-15-18-10-7-8-11-19(18)16-24(22)30-4/h7-16,23H,5-6,17H2,1-4H3,(H,26,28). The number of ether oxygens (including phenoxy) is 2. The molecule has 5 heteroatoms. The number of carbonyl (C=O) groups excluding carboxylic acids is 1. The molecule has 5 nitrogen and oxygen atoms in total. The van der Waals surface area contributed by atoms with E-state index in [1.54, 1.807) is 14.2 Å². The molecule has 0 aliphatic carbocycles. The molecule has 0 saturated carbocycles. The van der Waals surface area contributed by atoms with E-state index in [1.807, 2.05) is 54.6 Å². The van der Waals surface area contributed by atoms with E-state index in [-0.39, 0.29) is 11.9 Å². The third-order valence-electron chi connectivity index (χ3n) is 5.50. The van der Waals surface area contributed by atoms with E-state index in [1.165, 1.54) is 0 Å². The quantitative estimate of drug-likeness (QED) is 0.561. The van der Waals surface area contributed by atoms with Crippen molar-refractivity contribution in [1.82, 2.24) is 10.2 Å². The van der Waals surface area contributed by atoms with Gasteiger partial charge in [-0.15, -0.1) is 0 Å². The van der Waals surface area contributed by atoms with Crippen molar-refractivity contribution in [1.29, 1.82) is 0 Å². The van der Waals surface area contributed by atoms with Gasteiger partial charge in [0.2, 0.25) is 0 Å². The number of fused-ring (bicyclic) bond motifs is 1. The van der Waals surface area contributed by atoms with Gasteiger partial charge in [-0.3, -0.25) is 9.69 Å². The summed E-state index contributed by atoms with van der Waals surface area (Å²) < 4.78 is 10.9. The fourth-order valence-corrected chi connectivity index (χ4v) is 3.82. The third-order valence-corrected chi connectivity index (χ3v) is 5.50. The lowest BCUT2D eigenvalue weighted by molar-refractivity contribution is 0.0932. The van der Waals surface area contributed by atoms with Gasteiger partial charge < -0.3 is 14.8 Å². The number of hydrogen-bond donors (Lipinski definition) is 1. The second kappa shape index (κ2) is 10.1. The van der Waals surface area contributed by atoms with Crippen molar-refractivity contribution >= 4 is 16.7 Å². The number of amides is 1. The Morgan fingerprint density at radius 3 is 2.27 bits per heavy atom. The molecule has 0 aromatic heterocycles. The van der Waals surface area contributed by atoms with Gasteiger partial charge in [0.1, 0.15) is 11.5 Å². The number of hydrogen-bond acceptors (Lipinski definition) is 4. The Morgan fingerprint density at radius 2 is 1.63 bits per heavy atom. The van der Waals surface area contributed by atoms with E-state index in [0.717, 1.165) is 35.2 Å². The number of likely N-dealkylation sites (N-methyl/N-ethyl adjacent to an activating group) is 1. The highest BCUT2D eigenvalue weighted by Crippen LogP contribution is 2.27. The molecule has 3 aromatic rings. The van der Waals surface area contributed by atoms with E-state index in [0.29, 0.717) is 17.9 Å². The van der Waals surface area contributed by atoms with Gasteiger partial charge in [0.25, 0.3) is 5.91 Å². The number of nitrogens with zero attached hydrogens (tertiary/aromatic N) is 1. The van der Waals surface area contributed by atoms with Crippen LogP contribution in [-0.2, 0) is 0 Å². The summed E-state index contributed by atoms with van der Waals surface area (Å²) in [6, 6.07) is 19.8. The Hall–Kier alpha value is -3.05. The maximum Gasteiger partial charge on any atom is 0.255 e. The van der Waals surface area contributed by atoms with Crippen LogP contribution in [0.2, 0.25) is 0 Å². The third kappa shape index (κ3) is 4.74. The number of nitrogens with one attached hydrogen (secondary N) is 1. The molecule has 3 aromatic carbocycles. The van der Waals surface area contributed by atoms with E-state index in [2.05, 4.69) is 30.1 Å². The Balaban J connectivity index is 1.86. The van der Waals surface area contributed by atoms with Crippen LogP contribution in [0.3, 0.4) is 0 Å². The fourth-order valence-electron chi connectivity index (χ4n) is 3.82. The molecular formula is C25H30N2O3. The fraction of sp³-hybridized carbons (Fsp3) is 0.320. The first-order chi connectivity index (χ1) is 14.6. The van der Waals surface area contributed by atoms with Crippen molar-refractivity contribution in [3.8, 4) is 11.5 Å². The van der Waals surface area contributed by atoms with Gasteiger partial charge in [-0.2, -0.15) is 0 Å². The van der Waals surface area contributed by atoms with E-state index >= 15 is 0 Å². The van der Waals surface area contributed by atoms with Crippen LogP contribution < -0.4 is 14.8 Å². The Labute approximate surface area is 178 Å². The van der Waals surface area contributed by atoms with Crippen molar-refractivity contribution in [2.75, 3.05) is 33.9 Å². The molecule has 1 atom stereocenters. The second-order valence-electron chi connectivity index (χ2n) is 7.12. The van der Waals surface area contributed by atoms with Crippen LogP contribution in [-0.4, -0.2) is 44.7 Å². The topological polar surface area (TPSA) is 50.8 Å². The van der Waals surface area contributed by atoms with Crippen LogP contribution in [0.1, 0.15) is 35.8 Å². The summed E-state index contributed by atoms with van der Waals surface area (Å²) in [5.41, 5.74) is 1.66. The molecule has 0 radical (unpaired) electrons. The smallest absolute Gasteiger partial charge is 0.255 e. The first kappa shape index (κ1) is 21.7. The lowest BCUT2D eigenvalue weighted by Crippen LogP contribution is -2.38. The highest BCUT2D eigenvalue weighted by Gasteiger charge is 2.21. The molecule has 3 rings (SSSR count). The van der Waals surface area contributed by atoms with Crippen molar-refractivity contribution in [3.05, 3.63) is 71.8 Å². The Kier molecular flexibility index (Phi) is 7.31. The average Bonchev–Trinajstić information content (AvgIpc) is 2.80. The normalized spacial score (nSPS) is 12.0. The Morgan fingerprint density at radius 1 is 0.933 bits per heavy atom. The zero-order valence-electron chi connectivity index (χ0n) is 18.1. The summed E-state index contributed by atoms with van der Waals surface area (Å²) in [5, 5.41) is 5.18. The van der Waals surface area contributed by atoms with Crippen molar-refractivity contribution in [2.45, 2.75) is 19.9 Å². The maximum atomic E-state index is 13.1. The minimum Gasteiger partial charge on any atom is -0.497 e. The number of rotatable bonds is 9. The van der Waals surface area contributed by atoms with E-state index in [4.69, 9.17) is 9.47 Å². The second-order valence-corrected chi connectivity index (χ2v) is 7.12. The van der Waals surface area contributed by atoms with Crippen LogP contribution >= 0.6 is 0 Å². The van der Waals surface area contributed by atoms with Crippen LogP contribution in [0.15, 0.2) is 60.7 Å². The largest absolute Gasteiger partial charge is 0.497 e. The molecular weight excluding hydrogens is 376 g/mol. The average molecular weight is 407 g/mol. The van der Waals surface area contributed by atoms with Gasteiger partial charge in [0.15, 0.2) is 0 Å². The van der Waals surface area contributed by atoms with Gasteiger partial charge in [0.05, 0.1) is 25.8 Å². The zero-order valence-corrected chi connectivity index (χ0v) is 18.1. The molecule has 0 bridgehead atoms. The molecule has 0 aliphatic rings. The van der Waals surface area contributed by atoms with Crippen LogP contribution in [0.4, 0.5) is 0 Å². The highest BCUT2D eigenvalue weighted by molar-refractivity contribution is 6.01. The molecule has 0 fully saturated rings. The maximum absolute atomic E-state index is 13.1. The molecule has 0 aliphatic heterocycles. The van der Waals surface area contributed by atoms with Crippen molar-refractivity contribution in [3.63, 3.8) is 0 Å². The van der Waals surface area contributed by atoms with E-state index < -0.39 is 0 Å². The number of methoxy groups -OCH3 is 2. The van der Waals surface area contributed by atoms with Gasteiger partial charge in [0, 0.05) is 6.54 Å². The van der Waals surface area contributed by atoms with Gasteiger partial charge in [-0.25, -0.2) is 0 Å². The van der Waals surface area contributed by atoms with Crippen molar-refractivity contribution in [2.24, 2.45) is 0 Å². The predicted molar refractivity (Wildman–Crippen MR) is 121 cm³/mol. The first-order valence-corrected chi connectivity index (χ1v) is 10.3. The van der Waals surface area contributed by atoms with Gasteiger partial charge in [-0.1, -0.05) is 50.2 Å².